The van der Waals surface area contributed by atoms with E-state index in [1.54, 1.807) is 18.2 Å². The van der Waals surface area contributed by atoms with Crippen molar-refractivity contribution < 1.29 is 30.8 Å². The van der Waals surface area contributed by atoms with Crippen molar-refractivity contribution in [2.45, 2.75) is 14.7 Å². The van der Waals surface area contributed by atoms with Crippen molar-refractivity contribution in [1.29, 1.82) is 0 Å². The van der Waals surface area contributed by atoms with Gasteiger partial charge in [-0.25, -0.2) is 22.0 Å². The van der Waals surface area contributed by atoms with Crippen molar-refractivity contribution in [2.75, 3.05) is 7.11 Å². The summed E-state index contributed by atoms with van der Waals surface area (Å²) < 4.78 is 62.8. The number of benzene rings is 3. The zero-order chi connectivity index (χ0) is 24.0. The number of rotatable bonds is 6. The van der Waals surface area contributed by atoms with Gasteiger partial charge >= 0.3 is 0 Å². The highest BCUT2D eigenvalue weighted by molar-refractivity contribution is 7.93. The van der Waals surface area contributed by atoms with E-state index in [-0.39, 0.29) is 22.6 Å². The Morgan fingerprint density at radius 3 is 2.15 bits per heavy atom. The Bertz CT molecular complexity index is 1590. The monoisotopic (exact) mass is 486 g/mol. The fourth-order valence-corrected chi connectivity index (χ4v) is 6.55. The third-order valence-corrected chi connectivity index (χ3v) is 7.96. The standard InChI is InChI=1S/C22H18N2O7S2/c1-30-20-14(17-12-13-6-2-3-7-16(13)31-17)10-11-15(22(23)25)21(20)32(26,27)18-8-4-5-9-19(18)33(24,28)29/h2-12H,1H3,(H2,23,25)(H2,24,28,29). The lowest BCUT2D eigenvalue weighted by Crippen LogP contribution is -2.21. The number of carbonyl (C=O) groups is 1. The van der Waals surface area contributed by atoms with Gasteiger partial charge in [0.1, 0.15) is 26.9 Å². The molecule has 9 nitrogen and oxygen atoms in total. The highest BCUT2D eigenvalue weighted by atomic mass is 32.2. The maximum absolute atomic E-state index is 13.7. The second-order valence-corrected chi connectivity index (χ2v) is 10.4. The molecule has 1 amide bonds. The summed E-state index contributed by atoms with van der Waals surface area (Å²) in [5.74, 6) is -0.994. The molecule has 0 aliphatic heterocycles. The van der Waals surface area contributed by atoms with Crippen LogP contribution in [0.1, 0.15) is 10.4 Å². The van der Waals surface area contributed by atoms with Crippen molar-refractivity contribution in [1.82, 2.24) is 0 Å². The van der Waals surface area contributed by atoms with Crippen LogP contribution < -0.4 is 15.6 Å². The lowest BCUT2D eigenvalue weighted by atomic mass is 10.1. The van der Waals surface area contributed by atoms with Gasteiger partial charge in [-0.15, -0.1) is 0 Å². The summed E-state index contributed by atoms with van der Waals surface area (Å²) in [7, 11) is -7.85. The quantitative estimate of drug-likeness (QED) is 0.424. The van der Waals surface area contributed by atoms with Crippen LogP contribution in [0, 0.1) is 0 Å². The summed E-state index contributed by atoms with van der Waals surface area (Å²) in [6.07, 6.45) is 0. The van der Waals surface area contributed by atoms with Gasteiger partial charge in [0.2, 0.25) is 25.8 Å². The first-order valence-corrected chi connectivity index (χ1v) is 12.5. The van der Waals surface area contributed by atoms with Gasteiger partial charge in [0.15, 0.2) is 0 Å². The van der Waals surface area contributed by atoms with Gasteiger partial charge in [-0.1, -0.05) is 30.3 Å². The molecule has 0 radical (unpaired) electrons. The van der Waals surface area contributed by atoms with Gasteiger partial charge in [0.25, 0.3) is 0 Å². The van der Waals surface area contributed by atoms with Crippen molar-refractivity contribution in [3.05, 3.63) is 72.3 Å². The van der Waals surface area contributed by atoms with Crippen molar-refractivity contribution >= 4 is 36.7 Å². The minimum atomic E-state index is -4.66. The van der Waals surface area contributed by atoms with Crippen LogP contribution in [0.25, 0.3) is 22.3 Å². The molecule has 0 saturated carbocycles. The maximum atomic E-state index is 13.7. The summed E-state index contributed by atoms with van der Waals surface area (Å²) >= 11 is 0. The number of hydrogen-bond donors (Lipinski definition) is 2. The van der Waals surface area contributed by atoms with Crippen LogP contribution in [0.4, 0.5) is 0 Å². The number of primary amides is 1. The van der Waals surface area contributed by atoms with Crippen LogP contribution >= 0.6 is 0 Å². The Kier molecular flexibility index (Phi) is 5.48. The minimum Gasteiger partial charge on any atom is -0.495 e. The Morgan fingerprint density at radius 2 is 1.55 bits per heavy atom. The number of furan rings is 1. The van der Waals surface area contributed by atoms with E-state index < -0.39 is 40.5 Å². The number of hydrogen-bond acceptors (Lipinski definition) is 7. The van der Waals surface area contributed by atoms with E-state index >= 15 is 0 Å². The number of sulfone groups is 1. The second kappa shape index (κ2) is 8.03. The molecule has 0 aliphatic rings. The number of fused-ring (bicyclic) bond motifs is 1. The third-order valence-electron chi connectivity index (χ3n) is 4.99. The summed E-state index contributed by atoms with van der Waals surface area (Å²) in [6.45, 7) is 0. The maximum Gasteiger partial charge on any atom is 0.250 e. The van der Waals surface area contributed by atoms with Gasteiger partial charge in [0.05, 0.1) is 23.1 Å². The highest BCUT2D eigenvalue weighted by Gasteiger charge is 2.34. The molecule has 0 saturated heterocycles. The molecule has 4 N–H and O–H groups in total. The molecule has 33 heavy (non-hydrogen) atoms. The fourth-order valence-electron chi connectivity index (χ4n) is 3.55. The number of nitrogens with two attached hydrogens (primary N) is 2. The molecule has 0 unspecified atom stereocenters. The normalized spacial score (nSPS) is 12.1. The van der Waals surface area contributed by atoms with Crippen LogP contribution in [0.15, 0.2) is 85.8 Å². The Balaban J connectivity index is 2.08. The third kappa shape index (κ3) is 3.86. The Labute approximate surface area is 189 Å². The molecule has 4 aromatic rings. The van der Waals surface area contributed by atoms with Crippen molar-refractivity contribution in [3.8, 4) is 17.1 Å². The van der Waals surface area contributed by atoms with Gasteiger partial charge in [-0.2, -0.15) is 0 Å². The average Bonchev–Trinajstić information content (AvgIpc) is 3.21. The number of amides is 1. The number of para-hydroxylation sites is 1. The molecule has 0 fully saturated rings. The lowest BCUT2D eigenvalue weighted by molar-refractivity contribution is 0.0996. The van der Waals surface area contributed by atoms with Crippen LogP contribution in [-0.2, 0) is 19.9 Å². The molecular formula is C22H18N2O7S2. The van der Waals surface area contributed by atoms with Gasteiger partial charge in [-0.05, 0) is 36.4 Å². The predicted molar refractivity (Wildman–Crippen MR) is 120 cm³/mol. The molecule has 1 aromatic heterocycles. The molecule has 0 spiro atoms. The van der Waals surface area contributed by atoms with E-state index in [1.807, 2.05) is 12.1 Å². The molecule has 0 atom stereocenters. The fraction of sp³-hybridized carbons (Fsp3) is 0.0455. The van der Waals surface area contributed by atoms with E-state index in [9.17, 15) is 21.6 Å². The number of methoxy groups -OCH3 is 1. The minimum absolute atomic E-state index is 0.227. The second-order valence-electron chi connectivity index (χ2n) is 7.03. The van der Waals surface area contributed by atoms with E-state index in [0.29, 0.717) is 5.58 Å². The highest BCUT2D eigenvalue weighted by Crippen LogP contribution is 2.42. The van der Waals surface area contributed by atoms with Crippen LogP contribution in [0.5, 0.6) is 5.75 Å². The molecule has 0 bridgehead atoms. The first kappa shape index (κ1) is 22.5. The number of primary sulfonamides is 1. The van der Waals surface area contributed by atoms with E-state index in [1.165, 1.54) is 31.4 Å². The molecule has 170 valence electrons. The molecule has 1 heterocycles. The van der Waals surface area contributed by atoms with Crippen LogP contribution in [0.2, 0.25) is 0 Å². The zero-order valence-corrected chi connectivity index (χ0v) is 18.8. The first-order valence-electron chi connectivity index (χ1n) is 9.42. The Hall–Kier alpha value is -3.67. The van der Waals surface area contributed by atoms with Crippen molar-refractivity contribution in [2.24, 2.45) is 10.9 Å². The van der Waals surface area contributed by atoms with Gasteiger partial charge in [-0.3, -0.25) is 4.79 Å². The summed E-state index contributed by atoms with van der Waals surface area (Å²) in [4.78, 5) is 10.3. The lowest BCUT2D eigenvalue weighted by Gasteiger charge is -2.17. The van der Waals surface area contributed by atoms with Gasteiger partial charge in [0, 0.05) is 5.39 Å². The molecular weight excluding hydrogens is 468 g/mol. The topological polar surface area (TPSA) is 160 Å². The average molecular weight is 487 g/mol. The zero-order valence-electron chi connectivity index (χ0n) is 17.2. The SMILES string of the molecule is COc1c(-c2cc3ccccc3o2)ccc(C(N)=O)c1S(=O)(=O)c1ccccc1S(N)(=O)=O. The smallest absolute Gasteiger partial charge is 0.250 e. The number of carbonyl (C=O) groups excluding carboxylic acids is 1. The largest absolute Gasteiger partial charge is 0.495 e. The van der Waals surface area contributed by atoms with Crippen LogP contribution in [-0.4, -0.2) is 29.9 Å². The summed E-state index contributed by atoms with van der Waals surface area (Å²) in [6, 6.07) is 16.3. The number of ether oxygens (including phenoxy) is 1. The Morgan fingerprint density at radius 1 is 0.909 bits per heavy atom. The van der Waals surface area contributed by atoms with E-state index in [0.717, 1.165) is 17.5 Å². The predicted octanol–water partition coefficient (Wildman–Crippen LogP) is 2.69. The van der Waals surface area contributed by atoms with Gasteiger partial charge < -0.3 is 14.9 Å². The molecule has 3 aromatic carbocycles. The summed E-state index contributed by atoms with van der Waals surface area (Å²) in [5.41, 5.74) is 5.86. The van der Waals surface area contributed by atoms with Crippen molar-refractivity contribution in [3.63, 3.8) is 0 Å². The molecule has 4 rings (SSSR count). The van der Waals surface area contributed by atoms with E-state index in [2.05, 4.69) is 0 Å². The van der Waals surface area contributed by atoms with Crippen LogP contribution in [0.3, 0.4) is 0 Å². The molecule has 0 aliphatic carbocycles. The summed E-state index contributed by atoms with van der Waals surface area (Å²) in [5, 5.41) is 6.00. The van der Waals surface area contributed by atoms with E-state index in [4.69, 9.17) is 20.0 Å². The molecule has 11 heteroatoms. The first-order chi connectivity index (χ1) is 15.6. The number of sulfonamides is 1.